The number of Topliss-reactive ketones (excluding diaryl/α,β-unsaturated/α-hetero) is 4. The van der Waals surface area contributed by atoms with E-state index in [0.717, 1.165) is 5.56 Å². The molecule has 4 rings (SSSR count). The van der Waals surface area contributed by atoms with Gasteiger partial charge in [0.2, 0.25) is 5.91 Å². The molecule has 0 aromatic heterocycles. The molecule has 0 saturated heterocycles. The van der Waals surface area contributed by atoms with Gasteiger partial charge in [-0.3, -0.25) is 24.0 Å². The van der Waals surface area contributed by atoms with Crippen molar-refractivity contribution < 1.29 is 33.5 Å². The highest BCUT2D eigenvalue weighted by molar-refractivity contribution is 6.27. The molecule has 1 aromatic carbocycles. The van der Waals surface area contributed by atoms with Crippen LogP contribution >= 0.6 is 0 Å². The molecule has 0 bridgehead atoms. The molecule has 1 amide bonds. The number of halogens is 1. The lowest BCUT2D eigenvalue weighted by Crippen LogP contribution is -2.56. The van der Waals surface area contributed by atoms with E-state index in [2.05, 4.69) is 5.32 Å². The third kappa shape index (κ3) is 3.44. The largest absolute Gasteiger partial charge is 0.507 e. The van der Waals surface area contributed by atoms with Crippen molar-refractivity contribution in [2.24, 2.45) is 35.3 Å². The smallest absolute Gasteiger partial charge is 0.235 e. The minimum absolute atomic E-state index is 0.0519. The number of amides is 1. The molecule has 0 spiro atoms. The Labute approximate surface area is 183 Å². The summed E-state index contributed by atoms with van der Waals surface area (Å²) < 4.78 is 12.8. The Kier molecular flexibility index (Phi) is 5.70. The molecule has 3 aliphatic carbocycles. The Morgan fingerprint density at radius 2 is 1.84 bits per heavy atom. The van der Waals surface area contributed by atoms with Crippen molar-refractivity contribution in [1.29, 1.82) is 0 Å². The number of carbonyl (C=O) groups is 5. The van der Waals surface area contributed by atoms with Crippen molar-refractivity contribution >= 4 is 29.0 Å². The fourth-order valence-corrected chi connectivity index (χ4v) is 5.56. The number of carbonyl (C=O) groups excluding carboxylic acids is 5. The number of nitrogens with two attached hydrogens (primary N) is 1. The summed E-state index contributed by atoms with van der Waals surface area (Å²) in [6.45, 7) is 1.41. The van der Waals surface area contributed by atoms with E-state index in [-0.39, 0.29) is 30.3 Å². The number of ketones is 4. The summed E-state index contributed by atoms with van der Waals surface area (Å²) >= 11 is 0. The monoisotopic (exact) mass is 444 g/mol. The molecule has 0 radical (unpaired) electrons. The average Bonchev–Trinajstić information content (AvgIpc) is 2.71. The van der Waals surface area contributed by atoms with Gasteiger partial charge in [-0.2, -0.15) is 0 Å². The number of aromatic hydroxyl groups is 1. The van der Waals surface area contributed by atoms with Crippen molar-refractivity contribution in [2.45, 2.75) is 38.8 Å². The second kappa shape index (κ2) is 8.20. The van der Waals surface area contributed by atoms with Gasteiger partial charge in [-0.1, -0.05) is 6.07 Å². The minimum Gasteiger partial charge on any atom is -0.507 e. The van der Waals surface area contributed by atoms with Crippen LogP contribution in [-0.2, 0) is 32.1 Å². The van der Waals surface area contributed by atoms with Gasteiger partial charge in [0.25, 0.3) is 0 Å². The fraction of sp³-hybridized carbons (Fsp3) is 0.522. The Morgan fingerprint density at radius 3 is 2.50 bits per heavy atom. The first-order chi connectivity index (χ1) is 15.1. The Hall–Kier alpha value is -2.94. The zero-order valence-electron chi connectivity index (χ0n) is 17.6. The summed E-state index contributed by atoms with van der Waals surface area (Å²) in [7, 11) is 0. The summed E-state index contributed by atoms with van der Waals surface area (Å²) in [5.41, 5.74) is 6.59. The van der Waals surface area contributed by atoms with E-state index in [4.69, 9.17) is 5.73 Å². The van der Waals surface area contributed by atoms with Crippen molar-refractivity contribution in [3.63, 3.8) is 0 Å². The second-order valence-corrected chi connectivity index (χ2v) is 9.12. The predicted molar refractivity (Wildman–Crippen MR) is 109 cm³/mol. The Balaban J connectivity index is 1.69. The molecule has 4 N–H and O–H groups in total. The summed E-state index contributed by atoms with van der Waals surface area (Å²) in [5.74, 6) is -8.85. The van der Waals surface area contributed by atoms with Gasteiger partial charge in [0.05, 0.1) is 17.4 Å². The normalized spacial score (nSPS) is 30.4. The number of alkyl halides is 1. The molecule has 1 aromatic rings. The van der Waals surface area contributed by atoms with Crippen LogP contribution in [0.2, 0.25) is 0 Å². The van der Waals surface area contributed by atoms with E-state index < -0.39 is 65.3 Å². The first kappa shape index (κ1) is 22.3. The fourth-order valence-electron chi connectivity index (χ4n) is 5.56. The van der Waals surface area contributed by atoms with Crippen LogP contribution < -0.4 is 11.1 Å². The van der Waals surface area contributed by atoms with Crippen molar-refractivity contribution in [2.75, 3.05) is 6.67 Å². The topological polar surface area (TPSA) is 144 Å². The van der Waals surface area contributed by atoms with Gasteiger partial charge in [0, 0.05) is 19.0 Å². The average molecular weight is 444 g/mol. The highest BCUT2D eigenvalue weighted by Gasteiger charge is 2.57. The third-order valence-corrected chi connectivity index (χ3v) is 7.08. The zero-order chi connectivity index (χ0) is 23.3. The van der Waals surface area contributed by atoms with Crippen LogP contribution in [0.4, 0.5) is 4.39 Å². The first-order valence-corrected chi connectivity index (χ1v) is 10.7. The maximum absolute atomic E-state index is 13.4. The van der Waals surface area contributed by atoms with E-state index in [9.17, 15) is 33.5 Å². The number of nitrogens with one attached hydrogen (secondary N) is 1. The zero-order valence-corrected chi connectivity index (χ0v) is 17.6. The van der Waals surface area contributed by atoms with Gasteiger partial charge in [0.1, 0.15) is 12.4 Å². The third-order valence-electron chi connectivity index (χ3n) is 7.08. The van der Waals surface area contributed by atoms with Crippen LogP contribution in [0.25, 0.3) is 0 Å². The van der Waals surface area contributed by atoms with Crippen molar-refractivity contribution in [1.82, 2.24) is 5.32 Å². The van der Waals surface area contributed by atoms with Crippen LogP contribution in [0, 0.1) is 29.6 Å². The molecule has 2 fully saturated rings. The molecule has 0 aliphatic heterocycles. The Bertz CT molecular complexity index is 1040. The lowest BCUT2D eigenvalue weighted by Gasteiger charge is -2.44. The summed E-state index contributed by atoms with van der Waals surface area (Å²) in [5, 5.41) is 13.4. The maximum atomic E-state index is 13.4. The molecule has 8 nitrogen and oxygen atoms in total. The molecule has 6 atom stereocenters. The van der Waals surface area contributed by atoms with Crippen LogP contribution in [0.1, 0.15) is 41.3 Å². The summed E-state index contributed by atoms with van der Waals surface area (Å²) in [6, 6.07) is 2.65. The standard InChI is InChI=1S/C23H25FN2O6/c1-9(7-24)26-8-10-2-3-14(27)18-13(10)5-11-4-12-6-15(28)19(23(25)32)22(31)17(12)20(29)16(11)21(18)30/h2-3,9,11-12,16-17,19,26-27H,4-8H2,1H3,(H2,25,32)/t9?,11-,12+,16?,17?,19?/m1/s1. The molecule has 32 heavy (non-hydrogen) atoms. The highest BCUT2D eigenvalue weighted by atomic mass is 19.1. The van der Waals surface area contributed by atoms with Gasteiger partial charge in [-0.15, -0.1) is 0 Å². The number of benzene rings is 1. The molecule has 2 saturated carbocycles. The summed E-state index contributed by atoms with van der Waals surface area (Å²) in [6.07, 6.45) is 0.513. The quantitative estimate of drug-likeness (QED) is 0.566. The molecular weight excluding hydrogens is 419 g/mol. The number of fused-ring (bicyclic) bond motifs is 3. The van der Waals surface area contributed by atoms with Gasteiger partial charge >= 0.3 is 0 Å². The van der Waals surface area contributed by atoms with Crippen LogP contribution in [0.15, 0.2) is 12.1 Å². The maximum Gasteiger partial charge on any atom is 0.235 e. The van der Waals surface area contributed by atoms with Crippen LogP contribution in [0.3, 0.4) is 0 Å². The van der Waals surface area contributed by atoms with Gasteiger partial charge in [0.15, 0.2) is 29.1 Å². The lowest BCUT2D eigenvalue weighted by molar-refractivity contribution is -0.152. The van der Waals surface area contributed by atoms with Crippen molar-refractivity contribution in [3.8, 4) is 5.75 Å². The molecular formula is C23H25FN2O6. The lowest BCUT2D eigenvalue weighted by atomic mass is 9.56. The van der Waals surface area contributed by atoms with Gasteiger partial charge in [-0.25, -0.2) is 4.39 Å². The highest BCUT2D eigenvalue weighted by Crippen LogP contribution is 2.48. The summed E-state index contributed by atoms with van der Waals surface area (Å²) in [4.78, 5) is 63.4. The SMILES string of the molecule is CC(CF)NCc1ccc(O)c2c1C[C@H]1C[C@H]3CC(=O)C(C(N)=O)C(=O)C3C(=O)C1C2=O. The van der Waals surface area contributed by atoms with E-state index >= 15 is 0 Å². The Morgan fingerprint density at radius 1 is 1.16 bits per heavy atom. The number of hydrogen-bond donors (Lipinski definition) is 3. The number of primary amides is 1. The predicted octanol–water partition coefficient (Wildman–Crippen LogP) is 0.660. The molecule has 170 valence electrons. The number of hydrogen-bond acceptors (Lipinski definition) is 7. The molecule has 3 aliphatic rings. The molecule has 9 heteroatoms. The number of phenolic OH excluding ortho intramolecular Hbond substituents is 1. The number of rotatable bonds is 5. The molecule has 0 heterocycles. The van der Waals surface area contributed by atoms with Crippen LogP contribution in [0.5, 0.6) is 5.75 Å². The van der Waals surface area contributed by atoms with E-state index in [1.807, 2.05) is 0 Å². The van der Waals surface area contributed by atoms with Gasteiger partial charge in [-0.05, 0) is 48.8 Å². The van der Waals surface area contributed by atoms with E-state index in [1.54, 1.807) is 13.0 Å². The first-order valence-electron chi connectivity index (χ1n) is 10.7. The minimum atomic E-state index is -1.65. The number of phenols is 1. The second-order valence-electron chi connectivity index (χ2n) is 9.12. The van der Waals surface area contributed by atoms with Crippen molar-refractivity contribution in [3.05, 3.63) is 28.8 Å². The van der Waals surface area contributed by atoms with Crippen LogP contribution in [-0.4, -0.2) is 46.9 Å². The van der Waals surface area contributed by atoms with Gasteiger partial charge < -0.3 is 16.2 Å². The van der Waals surface area contributed by atoms with E-state index in [0.29, 0.717) is 18.4 Å². The molecule has 4 unspecified atom stereocenters. The van der Waals surface area contributed by atoms with E-state index in [1.165, 1.54) is 6.07 Å².